The van der Waals surface area contributed by atoms with Crippen molar-refractivity contribution in [1.82, 2.24) is 10.2 Å². The molecule has 0 bridgehead atoms. The van der Waals surface area contributed by atoms with Gasteiger partial charge in [0.1, 0.15) is 5.82 Å². The highest BCUT2D eigenvalue weighted by molar-refractivity contribution is 5.98. The highest BCUT2D eigenvalue weighted by Gasteiger charge is 2.08. The molecule has 2 rings (SSSR count). The van der Waals surface area contributed by atoms with Crippen LogP contribution in [0.5, 0.6) is 0 Å². The van der Waals surface area contributed by atoms with Crippen molar-refractivity contribution in [3.05, 3.63) is 53.6 Å². The first-order valence-corrected chi connectivity index (χ1v) is 4.96. The van der Waals surface area contributed by atoms with Gasteiger partial charge in [0.05, 0.1) is 11.8 Å². The zero-order valence-electron chi connectivity index (χ0n) is 9.13. The molecule has 1 heterocycles. The molecule has 2 aromatic rings. The van der Waals surface area contributed by atoms with Crippen molar-refractivity contribution in [2.24, 2.45) is 10.9 Å². The van der Waals surface area contributed by atoms with Crippen molar-refractivity contribution in [2.45, 2.75) is 0 Å². The van der Waals surface area contributed by atoms with Crippen molar-refractivity contribution in [3.63, 3.8) is 0 Å². The molecule has 0 amide bonds. The molecule has 92 valence electrons. The zero-order valence-corrected chi connectivity index (χ0v) is 9.13. The Morgan fingerprint density at radius 2 is 2.06 bits per heavy atom. The molecule has 3 N–H and O–H groups in total. The van der Waals surface area contributed by atoms with Gasteiger partial charge in [0.2, 0.25) is 0 Å². The second kappa shape index (κ2) is 5.09. The van der Waals surface area contributed by atoms with Crippen molar-refractivity contribution in [1.29, 1.82) is 0 Å². The summed E-state index contributed by atoms with van der Waals surface area (Å²) in [7, 11) is 0. The number of aromatic amines is 1. The third kappa shape index (κ3) is 2.70. The molecular formula is C11H9FN4O2. The largest absolute Gasteiger partial charge is 0.380 e. The normalized spacial score (nSPS) is 11.3. The number of hydrogen-bond acceptors (Lipinski definition) is 4. The molecule has 0 spiro atoms. The van der Waals surface area contributed by atoms with E-state index in [0.717, 1.165) is 0 Å². The Morgan fingerprint density at radius 1 is 1.33 bits per heavy atom. The number of carbonyl (C=O) groups is 1. The predicted octanol–water partition coefficient (Wildman–Crippen LogP) is 1.03. The minimum atomic E-state index is -0.686. The standard InChI is InChI=1S/C11H9FN4O2/c12-9-3-1-7(2-4-9)10(13)16-18-11(17)8-5-14-15-6-8/h1-6H,(H2,13,16)(H,14,15). The number of oxime groups is 1. The van der Waals surface area contributed by atoms with Crippen molar-refractivity contribution < 1.29 is 14.0 Å². The van der Waals surface area contributed by atoms with E-state index in [0.29, 0.717) is 5.56 Å². The summed E-state index contributed by atoms with van der Waals surface area (Å²) in [5.74, 6) is -1.09. The minimum absolute atomic E-state index is 0.0214. The van der Waals surface area contributed by atoms with Crippen molar-refractivity contribution in [3.8, 4) is 0 Å². The summed E-state index contributed by atoms with van der Waals surface area (Å²) in [6.45, 7) is 0. The number of halogens is 1. The Kier molecular flexibility index (Phi) is 3.33. The minimum Gasteiger partial charge on any atom is -0.380 e. The van der Waals surface area contributed by atoms with Crippen LogP contribution in [0.2, 0.25) is 0 Å². The highest BCUT2D eigenvalue weighted by Crippen LogP contribution is 2.03. The molecule has 0 saturated heterocycles. The number of aromatic nitrogens is 2. The van der Waals surface area contributed by atoms with Gasteiger partial charge in [-0.25, -0.2) is 9.18 Å². The molecule has 7 heteroatoms. The van der Waals surface area contributed by atoms with Crippen LogP contribution < -0.4 is 5.73 Å². The maximum atomic E-state index is 12.7. The van der Waals surface area contributed by atoms with E-state index in [1.807, 2.05) is 0 Å². The molecule has 0 aliphatic carbocycles. The van der Waals surface area contributed by atoms with E-state index >= 15 is 0 Å². The third-order valence-corrected chi connectivity index (χ3v) is 2.10. The topological polar surface area (TPSA) is 93.4 Å². The van der Waals surface area contributed by atoms with E-state index in [4.69, 9.17) is 5.73 Å². The molecule has 0 aliphatic rings. The number of nitrogens with zero attached hydrogens (tertiary/aromatic N) is 2. The quantitative estimate of drug-likeness (QED) is 0.367. The molecule has 1 aromatic heterocycles. The summed E-state index contributed by atoms with van der Waals surface area (Å²) < 4.78 is 12.7. The van der Waals surface area contributed by atoms with Crippen LogP contribution in [0.15, 0.2) is 41.8 Å². The second-order valence-corrected chi connectivity index (χ2v) is 3.35. The number of amidine groups is 1. The molecular weight excluding hydrogens is 239 g/mol. The van der Waals surface area contributed by atoms with Crippen molar-refractivity contribution >= 4 is 11.8 Å². The van der Waals surface area contributed by atoms with Gasteiger partial charge in [0, 0.05) is 11.8 Å². The fraction of sp³-hybridized carbons (Fsp3) is 0. The van der Waals surface area contributed by atoms with E-state index in [1.54, 1.807) is 0 Å². The smallest absolute Gasteiger partial charge is 0.368 e. The maximum Gasteiger partial charge on any atom is 0.368 e. The summed E-state index contributed by atoms with van der Waals surface area (Å²) >= 11 is 0. The molecule has 0 unspecified atom stereocenters. The van der Waals surface area contributed by atoms with E-state index in [9.17, 15) is 9.18 Å². The number of H-pyrrole nitrogens is 1. The number of nitrogens with one attached hydrogen (secondary N) is 1. The first-order valence-electron chi connectivity index (χ1n) is 4.96. The number of hydrogen-bond donors (Lipinski definition) is 2. The van der Waals surface area contributed by atoms with Gasteiger partial charge in [0.25, 0.3) is 0 Å². The van der Waals surface area contributed by atoms with Crippen LogP contribution in [0.4, 0.5) is 4.39 Å². The molecule has 1 aromatic carbocycles. The summed E-state index contributed by atoms with van der Waals surface area (Å²) in [4.78, 5) is 16.0. The van der Waals surface area contributed by atoms with Gasteiger partial charge < -0.3 is 10.6 Å². The zero-order chi connectivity index (χ0) is 13.0. The third-order valence-electron chi connectivity index (χ3n) is 2.10. The lowest BCUT2D eigenvalue weighted by Crippen LogP contribution is -2.15. The van der Waals surface area contributed by atoms with Gasteiger partial charge in [-0.1, -0.05) is 5.16 Å². The molecule has 0 radical (unpaired) electrons. The molecule has 0 saturated carbocycles. The Balaban J connectivity index is 2.05. The SMILES string of the molecule is N/C(=N\OC(=O)c1cn[nH]c1)c1ccc(F)cc1. The van der Waals surface area contributed by atoms with E-state index < -0.39 is 5.97 Å². The van der Waals surface area contributed by atoms with Gasteiger partial charge in [-0.3, -0.25) is 5.10 Å². The Labute approximate surface area is 101 Å². The van der Waals surface area contributed by atoms with Crippen LogP contribution in [0, 0.1) is 5.82 Å². The van der Waals surface area contributed by atoms with Crippen LogP contribution in [0.3, 0.4) is 0 Å². The monoisotopic (exact) mass is 248 g/mol. The highest BCUT2D eigenvalue weighted by atomic mass is 19.1. The second-order valence-electron chi connectivity index (χ2n) is 3.35. The maximum absolute atomic E-state index is 12.7. The molecule has 18 heavy (non-hydrogen) atoms. The fourth-order valence-corrected chi connectivity index (χ4v) is 1.18. The van der Waals surface area contributed by atoms with Gasteiger partial charge in [-0.2, -0.15) is 5.10 Å². The van der Waals surface area contributed by atoms with Crippen LogP contribution in [0.25, 0.3) is 0 Å². The molecule has 0 aliphatic heterocycles. The van der Waals surface area contributed by atoms with Crippen LogP contribution in [-0.2, 0) is 4.84 Å². The Hall–Kier alpha value is -2.70. The molecule has 0 atom stereocenters. The lowest BCUT2D eigenvalue weighted by Gasteiger charge is -1.99. The van der Waals surface area contributed by atoms with Crippen molar-refractivity contribution in [2.75, 3.05) is 0 Å². The Morgan fingerprint density at radius 3 is 2.67 bits per heavy atom. The van der Waals surface area contributed by atoms with Crippen LogP contribution in [-0.4, -0.2) is 22.0 Å². The average Bonchev–Trinajstić information content (AvgIpc) is 2.90. The van der Waals surface area contributed by atoms with Gasteiger partial charge in [-0.15, -0.1) is 0 Å². The first-order chi connectivity index (χ1) is 8.66. The lowest BCUT2D eigenvalue weighted by atomic mass is 10.2. The van der Waals surface area contributed by atoms with E-state index in [-0.39, 0.29) is 17.2 Å². The number of benzene rings is 1. The first kappa shape index (κ1) is 11.8. The van der Waals surface area contributed by atoms with E-state index in [2.05, 4.69) is 20.2 Å². The van der Waals surface area contributed by atoms with Crippen LogP contribution in [0.1, 0.15) is 15.9 Å². The van der Waals surface area contributed by atoms with E-state index in [1.165, 1.54) is 36.7 Å². The van der Waals surface area contributed by atoms with Gasteiger partial charge >= 0.3 is 5.97 Å². The van der Waals surface area contributed by atoms with Gasteiger partial charge in [0.15, 0.2) is 5.84 Å². The summed E-state index contributed by atoms with van der Waals surface area (Å²) in [5, 5.41) is 9.52. The number of rotatable bonds is 3. The molecule has 6 nitrogen and oxygen atoms in total. The fourth-order valence-electron chi connectivity index (χ4n) is 1.18. The van der Waals surface area contributed by atoms with Crippen LogP contribution >= 0.6 is 0 Å². The summed E-state index contributed by atoms with van der Waals surface area (Å²) in [5.41, 5.74) is 6.26. The number of nitrogens with two attached hydrogens (primary N) is 1. The molecule has 0 fully saturated rings. The predicted molar refractivity (Wildman–Crippen MR) is 61.1 cm³/mol. The summed E-state index contributed by atoms with van der Waals surface area (Å²) in [6, 6.07) is 5.32. The average molecular weight is 248 g/mol. The Bertz CT molecular complexity index is 563. The van der Waals surface area contributed by atoms with Gasteiger partial charge in [-0.05, 0) is 24.3 Å². The number of carbonyl (C=O) groups excluding carboxylic acids is 1. The summed E-state index contributed by atoms with van der Waals surface area (Å²) in [6.07, 6.45) is 2.66. The lowest BCUT2D eigenvalue weighted by molar-refractivity contribution is 0.0516.